The van der Waals surface area contributed by atoms with Crippen LogP contribution in [0.1, 0.15) is 26.7 Å². The predicted molar refractivity (Wildman–Crippen MR) is 63.2 cm³/mol. The minimum absolute atomic E-state index is 0. The van der Waals surface area contributed by atoms with E-state index >= 15 is 0 Å². The molecule has 2 fully saturated rings. The van der Waals surface area contributed by atoms with Crippen molar-refractivity contribution in [2.24, 2.45) is 11.3 Å². The zero-order valence-corrected chi connectivity index (χ0v) is 10.4. The lowest BCUT2D eigenvalue weighted by Crippen LogP contribution is -2.49. The van der Waals surface area contributed by atoms with Crippen molar-refractivity contribution < 1.29 is 4.79 Å². The highest BCUT2D eigenvalue weighted by Crippen LogP contribution is 2.53. The maximum Gasteiger partial charge on any atom is 0.229 e. The third-order valence-electron chi connectivity index (χ3n) is 3.72. The third kappa shape index (κ3) is 2.28. The van der Waals surface area contributed by atoms with Gasteiger partial charge >= 0.3 is 0 Å². The Bertz CT molecular complexity index is 233. The zero-order valence-electron chi connectivity index (χ0n) is 9.58. The second-order valence-electron chi connectivity index (χ2n) is 4.85. The van der Waals surface area contributed by atoms with Crippen LogP contribution in [0.15, 0.2) is 0 Å². The molecule has 1 aliphatic carbocycles. The Kier molecular flexibility index (Phi) is 4.01. The van der Waals surface area contributed by atoms with Crippen molar-refractivity contribution in [1.82, 2.24) is 10.2 Å². The summed E-state index contributed by atoms with van der Waals surface area (Å²) >= 11 is 0. The lowest BCUT2D eigenvalue weighted by atomic mass is 9.90. The summed E-state index contributed by atoms with van der Waals surface area (Å²) in [6, 6.07) is 0. The summed E-state index contributed by atoms with van der Waals surface area (Å²) in [6.07, 6.45) is 2.21. The largest absolute Gasteiger partial charge is 0.340 e. The van der Waals surface area contributed by atoms with Crippen LogP contribution in [0.4, 0.5) is 0 Å². The molecule has 3 nitrogen and oxygen atoms in total. The summed E-state index contributed by atoms with van der Waals surface area (Å²) in [7, 11) is 0. The van der Waals surface area contributed by atoms with Gasteiger partial charge in [0.2, 0.25) is 5.91 Å². The minimum atomic E-state index is 0. The highest BCUT2D eigenvalue weighted by molar-refractivity contribution is 5.86. The average Bonchev–Trinajstić information content (AvgIpc) is 2.99. The van der Waals surface area contributed by atoms with Gasteiger partial charge in [0.15, 0.2) is 0 Å². The van der Waals surface area contributed by atoms with Crippen molar-refractivity contribution in [1.29, 1.82) is 0 Å². The SMILES string of the molecule is CC(C)C1(C(=O)N2CCNCC2)CC1.Cl. The first-order valence-corrected chi connectivity index (χ1v) is 5.67. The molecule has 0 aromatic rings. The van der Waals surface area contributed by atoms with Crippen LogP contribution in [0.3, 0.4) is 0 Å². The summed E-state index contributed by atoms with van der Waals surface area (Å²) in [6.45, 7) is 8.06. The lowest BCUT2D eigenvalue weighted by molar-refractivity contribution is -0.139. The van der Waals surface area contributed by atoms with Crippen molar-refractivity contribution in [3.8, 4) is 0 Å². The van der Waals surface area contributed by atoms with Crippen LogP contribution in [-0.2, 0) is 4.79 Å². The number of piperazine rings is 1. The van der Waals surface area contributed by atoms with Crippen LogP contribution in [0.25, 0.3) is 0 Å². The summed E-state index contributed by atoms with van der Waals surface area (Å²) < 4.78 is 0. The van der Waals surface area contributed by atoms with Gasteiger partial charge in [-0.05, 0) is 18.8 Å². The molecule has 1 saturated carbocycles. The molecule has 2 aliphatic rings. The molecule has 2 rings (SSSR count). The van der Waals surface area contributed by atoms with Crippen LogP contribution >= 0.6 is 12.4 Å². The van der Waals surface area contributed by atoms with Crippen molar-refractivity contribution in [2.75, 3.05) is 26.2 Å². The van der Waals surface area contributed by atoms with Crippen LogP contribution in [0, 0.1) is 11.3 Å². The van der Waals surface area contributed by atoms with E-state index in [4.69, 9.17) is 0 Å². The molecular weight excluding hydrogens is 212 g/mol. The molecule has 0 aromatic heterocycles. The Labute approximate surface area is 98.0 Å². The van der Waals surface area contributed by atoms with E-state index in [1.165, 1.54) is 0 Å². The van der Waals surface area contributed by atoms with Crippen LogP contribution in [0.2, 0.25) is 0 Å². The molecular formula is C11H21ClN2O. The predicted octanol–water partition coefficient (Wildman–Crippen LogP) is 1.28. The Morgan fingerprint density at radius 1 is 1.27 bits per heavy atom. The quantitative estimate of drug-likeness (QED) is 0.778. The molecule has 1 N–H and O–H groups in total. The normalized spacial score (nSPS) is 23.5. The first kappa shape index (κ1) is 12.8. The number of hydrogen-bond acceptors (Lipinski definition) is 2. The summed E-state index contributed by atoms with van der Waals surface area (Å²) in [5.74, 6) is 0.916. The molecule has 0 atom stereocenters. The third-order valence-corrected chi connectivity index (χ3v) is 3.72. The Morgan fingerprint density at radius 2 is 1.80 bits per heavy atom. The monoisotopic (exact) mass is 232 g/mol. The standard InChI is InChI=1S/C11H20N2O.ClH/c1-9(2)11(3-4-11)10(14)13-7-5-12-6-8-13;/h9,12H,3-8H2,1-2H3;1H. The van der Waals surface area contributed by atoms with Gasteiger partial charge < -0.3 is 10.2 Å². The van der Waals surface area contributed by atoms with Gasteiger partial charge in [-0.25, -0.2) is 0 Å². The number of hydrogen-bond donors (Lipinski definition) is 1. The maximum atomic E-state index is 12.2. The fraction of sp³-hybridized carbons (Fsp3) is 0.909. The van der Waals surface area contributed by atoms with E-state index in [0.717, 1.165) is 39.0 Å². The number of carbonyl (C=O) groups excluding carboxylic acids is 1. The lowest BCUT2D eigenvalue weighted by Gasteiger charge is -2.32. The fourth-order valence-electron chi connectivity index (χ4n) is 2.36. The van der Waals surface area contributed by atoms with Gasteiger partial charge in [-0.2, -0.15) is 0 Å². The van der Waals surface area contributed by atoms with E-state index < -0.39 is 0 Å². The first-order valence-electron chi connectivity index (χ1n) is 5.67. The molecule has 15 heavy (non-hydrogen) atoms. The van der Waals surface area contributed by atoms with E-state index in [-0.39, 0.29) is 17.8 Å². The first-order chi connectivity index (χ1) is 6.67. The molecule has 0 spiro atoms. The molecule has 0 bridgehead atoms. The van der Waals surface area contributed by atoms with Gasteiger partial charge in [-0.1, -0.05) is 13.8 Å². The van der Waals surface area contributed by atoms with E-state index in [1.54, 1.807) is 0 Å². The number of halogens is 1. The minimum Gasteiger partial charge on any atom is -0.340 e. The van der Waals surface area contributed by atoms with Gasteiger partial charge in [0, 0.05) is 26.2 Å². The Morgan fingerprint density at radius 3 is 2.20 bits per heavy atom. The van der Waals surface area contributed by atoms with Gasteiger partial charge in [0.25, 0.3) is 0 Å². The molecule has 1 amide bonds. The molecule has 1 aliphatic heterocycles. The van der Waals surface area contributed by atoms with Gasteiger partial charge in [0.1, 0.15) is 0 Å². The average molecular weight is 233 g/mol. The number of amides is 1. The van der Waals surface area contributed by atoms with Crippen molar-refractivity contribution >= 4 is 18.3 Å². The van der Waals surface area contributed by atoms with E-state index in [2.05, 4.69) is 19.2 Å². The highest BCUT2D eigenvalue weighted by Gasteiger charge is 2.53. The van der Waals surface area contributed by atoms with Crippen LogP contribution in [0.5, 0.6) is 0 Å². The van der Waals surface area contributed by atoms with Gasteiger partial charge in [-0.3, -0.25) is 4.79 Å². The molecule has 1 saturated heterocycles. The van der Waals surface area contributed by atoms with Crippen molar-refractivity contribution in [3.63, 3.8) is 0 Å². The number of nitrogens with zero attached hydrogens (tertiary/aromatic N) is 1. The van der Waals surface area contributed by atoms with Crippen molar-refractivity contribution in [3.05, 3.63) is 0 Å². The van der Waals surface area contributed by atoms with E-state index in [9.17, 15) is 4.79 Å². The summed E-state index contributed by atoms with van der Waals surface area (Å²) in [5, 5.41) is 3.28. The molecule has 88 valence electrons. The Balaban J connectivity index is 0.00000112. The number of nitrogens with one attached hydrogen (secondary N) is 1. The highest BCUT2D eigenvalue weighted by atomic mass is 35.5. The topological polar surface area (TPSA) is 32.3 Å². The van der Waals surface area contributed by atoms with E-state index in [1.807, 2.05) is 4.90 Å². The van der Waals surface area contributed by atoms with Crippen molar-refractivity contribution in [2.45, 2.75) is 26.7 Å². The molecule has 0 unspecified atom stereocenters. The number of rotatable bonds is 2. The van der Waals surface area contributed by atoms with Crippen LogP contribution in [-0.4, -0.2) is 37.0 Å². The van der Waals surface area contributed by atoms with Gasteiger partial charge in [0.05, 0.1) is 5.41 Å². The Hall–Kier alpha value is -0.280. The van der Waals surface area contributed by atoms with Gasteiger partial charge in [-0.15, -0.1) is 12.4 Å². The molecule has 4 heteroatoms. The molecule has 1 heterocycles. The zero-order chi connectivity index (χ0) is 10.2. The summed E-state index contributed by atoms with van der Waals surface area (Å²) in [5.41, 5.74) is 0.0251. The van der Waals surface area contributed by atoms with E-state index in [0.29, 0.717) is 11.8 Å². The molecule has 0 radical (unpaired) electrons. The fourth-order valence-corrected chi connectivity index (χ4v) is 2.36. The second kappa shape index (κ2) is 4.71. The smallest absolute Gasteiger partial charge is 0.229 e. The second-order valence-corrected chi connectivity index (χ2v) is 4.85. The summed E-state index contributed by atoms with van der Waals surface area (Å²) in [4.78, 5) is 14.3. The number of carbonyl (C=O) groups is 1. The molecule has 0 aromatic carbocycles. The maximum absolute atomic E-state index is 12.2. The van der Waals surface area contributed by atoms with Crippen LogP contribution < -0.4 is 5.32 Å².